The molecule has 0 aliphatic rings. The molecule has 0 unspecified atom stereocenters. The van der Waals surface area contributed by atoms with E-state index in [9.17, 15) is 4.79 Å². The third kappa shape index (κ3) is 3.08. The smallest absolute Gasteiger partial charge is 0.255 e. The van der Waals surface area contributed by atoms with E-state index in [0.29, 0.717) is 11.5 Å². The molecule has 3 nitrogen and oxygen atoms in total. The van der Waals surface area contributed by atoms with Crippen molar-refractivity contribution in [1.29, 1.82) is 0 Å². The lowest BCUT2D eigenvalue weighted by molar-refractivity contribution is 0.541. The summed E-state index contributed by atoms with van der Waals surface area (Å²) in [5.41, 5.74) is 9.27. The molecule has 0 amide bonds. The molecule has 1 heterocycles. The fourth-order valence-corrected chi connectivity index (χ4v) is 2.45. The minimum absolute atomic E-state index is 0.0343. The number of hydrogen-bond donors (Lipinski definition) is 1. The van der Waals surface area contributed by atoms with Crippen LogP contribution >= 0.6 is 0 Å². The summed E-state index contributed by atoms with van der Waals surface area (Å²) in [7, 11) is 1.79. The van der Waals surface area contributed by atoms with Crippen molar-refractivity contribution < 1.29 is 0 Å². The first-order valence-electron chi connectivity index (χ1n) is 7.31. The Morgan fingerprint density at radius 3 is 2.10 bits per heavy atom. The standard InChI is InChI=1S/C18H24N2O/c1-12(2)13-6-8-14(9-7-13)16-11-10-15(18(3,4)19)17(21)20(16)5/h6-12H,19H2,1-5H3. The van der Waals surface area contributed by atoms with Gasteiger partial charge in [-0.05, 0) is 43.0 Å². The van der Waals surface area contributed by atoms with E-state index in [1.807, 2.05) is 26.0 Å². The Bertz CT molecular complexity index is 689. The average Bonchev–Trinajstić information content (AvgIpc) is 2.40. The molecule has 0 radical (unpaired) electrons. The van der Waals surface area contributed by atoms with Gasteiger partial charge in [-0.3, -0.25) is 4.79 Å². The number of benzene rings is 1. The van der Waals surface area contributed by atoms with Crippen LogP contribution in [-0.4, -0.2) is 4.57 Å². The molecule has 0 spiro atoms. The van der Waals surface area contributed by atoms with E-state index in [0.717, 1.165) is 11.3 Å². The Labute approximate surface area is 126 Å². The zero-order valence-corrected chi connectivity index (χ0v) is 13.5. The molecule has 1 aromatic heterocycles. The largest absolute Gasteiger partial charge is 0.322 e. The van der Waals surface area contributed by atoms with E-state index in [4.69, 9.17) is 5.73 Å². The van der Waals surface area contributed by atoms with Crippen molar-refractivity contribution in [2.75, 3.05) is 0 Å². The highest BCUT2D eigenvalue weighted by molar-refractivity contribution is 5.60. The molecule has 0 atom stereocenters. The van der Waals surface area contributed by atoms with Gasteiger partial charge in [0.05, 0.1) is 5.69 Å². The van der Waals surface area contributed by atoms with Gasteiger partial charge in [0.25, 0.3) is 5.56 Å². The zero-order valence-electron chi connectivity index (χ0n) is 13.5. The third-order valence-corrected chi connectivity index (χ3v) is 3.87. The van der Waals surface area contributed by atoms with Crippen molar-refractivity contribution in [2.24, 2.45) is 12.8 Å². The van der Waals surface area contributed by atoms with Gasteiger partial charge in [0.1, 0.15) is 0 Å². The molecule has 0 saturated carbocycles. The molecule has 3 heteroatoms. The van der Waals surface area contributed by atoms with Gasteiger partial charge in [0.15, 0.2) is 0 Å². The first-order chi connectivity index (χ1) is 9.71. The van der Waals surface area contributed by atoms with Crippen molar-refractivity contribution in [3.63, 3.8) is 0 Å². The second kappa shape index (κ2) is 5.49. The predicted octanol–water partition coefficient (Wildman–Crippen LogP) is 3.37. The minimum atomic E-state index is -0.630. The predicted molar refractivity (Wildman–Crippen MR) is 88.4 cm³/mol. The Morgan fingerprint density at radius 2 is 1.62 bits per heavy atom. The monoisotopic (exact) mass is 284 g/mol. The van der Waals surface area contributed by atoms with Crippen LogP contribution in [0.5, 0.6) is 0 Å². The van der Waals surface area contributed by atoms with Gasteiger partial charge in [0.2, 0.25) is 0 Å². The van der Waals surface area contributed by atoms with Crippen LogP contribution in [0.25, 0.3) is 11.3 Å². The summed E-state index contributed by atoms with van der Waals surface area (Å²) in [5.74, 6) is 0.503. The number of nitrogens with zero attached hydrogens (tertiary/aromatic N) is 1. The fraction of sp³-hybridized carbons (Fsp3) is 0.389. The van der Waals surface area contributed by atoms with E-state index in [-0.39, 0.29) is 5.56 Å². The lowest BCUT2D eigenvalue weighted by Gasteiger charge is -2.20. The molecule has 1 aromatic carbocycles. The highest BCUT2D eigenvalue weighted by Gasteiger charge is 2.19. The van der Waals surface area contributed by atoms with E-state index >= 15 is 0 Å². The summed E-state index contributed by atoms with van der Waals surface area (Å²) in [6.45, 7) is 8.04. The zero-order chi connectivity index (χ0) is 15.8. The number of pyridine rings is 1. The minimum Gasteiger partial charge on any atom is -0.322 e. The van der Waals surface area contributed by atoms with E-state index in [1.165, 1.54) is 5.56 Å². The molecule has 2 N–H and O–H groups in total. The van der Waals surface area contributed by atoms with Crippen LogP contribution in [0, 0.1) is 0 Å². The lowest BCUT2D eigenvalue weighted by Crippen LogP contribution is -2.37. The Kier molecular flexibility index (Phi) is 4.06. The lowest BCUT2D eigenvalue weighted by atomic mass is 9.95. The van der Waals surface area contributed by atoms with Crippen LogP contribution in [0.3, 0.4) is 0 Å². The normalized spacial score (nSPS) is 12.0. The van der Waals surface area contributed by atoms with Gasteiger partial charge in [-0.15, -0.1) is 0 Å². The molecule has 0 fully saturated rings. The molecule has 112 valence electrons. The van der Waals surface area contributed by atoms with Gasteiger partial charge in [0, 0.05) is 18.2 Å². The molecule has 0 bridgehead atoms. The molecule has 21 heavy (non-hydrogen) atoms. The quantitative estimate of drug-likeness (QED) is 0.939. The maximum atomic E-state index is 12.5. The number of rotatable bonds is 3. The van der Waals surface area contributed by atoms with E-state index < -0.39 is 5.54 Å². The second-order valence-electron chi connectivity index (χ2n) is 6.49. The van der Waals surface area contributed by atoms with Gasteiger partial charge in [-0.1, -0.05) is 38.1 Å². The van der Waals surface area contributed by atoms with Crippen molar-refractivity contribution >= 4 is 0 Å². The van der Waals surface area contributed by atoms with Gasteiger partial charge in [-0.2, -0.15) is 0 Å². The van der Waals surface area contributed by atoms with E-state index in [1.54, 1.807) is 11.6 Å². The summed E-state index contributed by atoms with van der Waals surface area (Å²) in [6.07, 6.45) is 0. The van der Waals surface area contributed by atoms with Crippen LogP contribution in [0.15, 0.2) is 41.2 Å². The van der Waals surface area contributed by atoms with Crippen LogP contribution in [0.1, 0.15) is 44.7 Å². The van der Waals surface area contributed by atoms with Crippen molar-refractivity contribution in [1.82, 2.24) is 4.57 Å². The van der Waals surface area contributed by atoms with Crippen LogP contribution in [0.2, 0.25) is 0 Å². The highest BCUT2D eigenvalue weighted by Crippen LogP contribution is 2.23. The second-order valence-corrected chi connectivity index (χ2v) is 6.49. The molecule has 0 aliphatic heterocycles. The highest BCUT2D eigenvalue weighted by atomic mass is 16.1. The van der Waals surface area contributed by atoms with Crippen LogP contribution < -0.4 is 11.3 Å². The molecule has 0 aliphatic carbocycles. The van der Waals surface area contributed by atoms with E-state index in [2.05, 4.69) is 38.1 Å². The Hall–Kier alpha value is -1.87. The van der Waals surface area contributed by atoms with Crippen molar-refractivity contribution in [3.05, 3.63) is 57.9 Å². The number of nitrogens with two attached hydrogens (primary N) is 1. The summed E-state index contributed by atoms with van der Waals surface area (Å²) in [5, 5.41) is 0. The summed E-state index contributed by atoms with van der Waals surface area (Å²) in [6, 6.07) is 12.2. The summed E-state index contributed by atoms with van der Waals surface area (Å²) >= 11 is 0. The van der Waals surface area contributed by atoms with Gasteiger partial charge < -0.3 is 10.3 Å². The van der Waals surface area contributed by atoms with Crippen LogP contribution in [-0.2, 0) is 12.6 Å². The topological polar surface area (TPSA) is 48.0 Å². The first kappa shape index (κ1) is 15.5. The third-order valence-electron chi connectivity index (χ3n) is 3.87. The average molecular weight is 284 g/mol. The molecule has 2 aromatic rings. The maximum Gasteiger partial charge on any atom is 0.255 e. The van der Waals surface area contributed by atoms with Gasteiger partial charge >= 0.3 is 0 Å². The van der Waals surface area contributed by atoms with Crippen LogP contribution in [0.4, 0.5) is 0 Å². The molecule has 0 saturated heterocycles. The Balaban J connectivity index is 2.51. The summed E-state index contributed by atoms with van der Waals surface area (Å²) in [4.78, 5) is 12.5. The van der Waals surface area contributed by atoms with Crippen molar-refractivity contribution in [2.45, 2.75) is 39.2 Å². The van der Waals surface area contributed by atoms with Crippen molar-refractivity contribution in [3.8, 4) is 11.3 Å². The molecular weight excluding hydrogens is 260 g/mol. The number of hydrogen-bond acceptors (Lipinski definition) is 2. The maximum absolute atomic E-state index is 12.5. The fourth-order valence-electron chi connectivity index (χ4n) is 2.45. The summed E-state index contributed by atoms with van der Waals surface area (Å²) < 4.78 is 1.67. The first-order valence-corrected chi connectivity index (χ1v) is 7.31. The molecule has 2 rings (SSSR count). The van der Waals surface area contributed by atoms with Gasteiger partial charge in [-0.25, -0.2) is 0 Å². The SMILES string of the molecule is CC(C)c1ccc(-c2ccc(C(C)(C)N)c(=O)n2C)cc1. The number of aromatic nitrogens is 1. The molecular formula is C18H24N2O. The Morgan fingerprint density at radius 1 is 1.05 bits per heavy atom.